The van der Waals surface area contributed by atoms with Crippen LogP contribution in [-0.4, -0.2) is 30.9 Å². The Kier molecular flexibility index (Phi) is 4.24. The first-order valence-corrected chi connectivity index (χ1v) is 8.18. The van der Waals surface area contributed by atoms with Crippen molar-refractivity contribution in [3.05, 3.63) is 53.6 Å². The van der Waals surface area contributed by atoms with Gasteiger partial charge in [0.05, 0.1) is 0 Å². The van der Waals surface area contributed by atoms with E-state index in [4.69, 9.17) is 9.47 Å². The molecule has 1 heterocycles. The molecule has 0 N–H and O–H groups in total. The highest BCUT2D eigenvalue weighted by atomic mass is 32.2. The fraction of sp³-hybridized carbons (Fsp3) is 0.235. The van der Waals surface area contributed by atoms with E-state index >= 15 is 0 Å². The number of carbonyl (C=O) groups excluding carboxylic acids is 1. The number of benzene rings is 2. The van der Waals surface area contributed by atoms with Crippen molar-refractivity contribution in [2.24, 2.45) is 0 Å². The molecule has 0 saturated carbocycles. The molecule has 0 unspecified atom stereocenters. The molecular weight excluding hydrogens is 298 g/mol. The zero-order chi connectivity index (χ0) is 15.5. The van der Waals surface area contributed by atoms with E-state index in [9.17, 15) is 4.79 Å². The topological polar surface area (TPSA) is 38.8 Å². The Morgan fingerprint density at radius 3 is 2.59 bits per heavy atom. The van der Waals surface area contributed by atoms with Gasteiger partial charge in [0, 0.05) is 24.1 Å². The Morgan fingerprint density at radius 2 is 1.86 bits per heavy atom. The van der Waals surface area contributed by atoms with Crippen LogP contribution in [0.1, 0.15) is 15.9 Å². The summed E-state index contributed by atoms with van der Waals surface area (Å²) >= 11 is 1.70. The Labute approximate surface area is 134 Å². The number of carbonyl (C=O) groups is 1. The molecule has 0 saturated heterocycles. The van der Waals surface area contributed by atoms with Gasteiger partial charge in [0.1, 0.15) is 0 Å². The fourth-order valence-electron chi connectivity index (χ4n) is 2.33. The van der Waals surface area contributed by atoms with Crippen LogP contribution in [0.3, 0.4) is 0 Å². The number of amides is 1. The lowest BCUT2D eigenvalue weighted by Crippen LogP contribution is -2.26. The minimum Gasteiger partial charge on any atom is -0.454 e. The first-order chi connectivity index (χ1) is 10.7. The second kappa shape index (κ2) is 6.32. The van der Waals surface area contributed by atoms with Crippen molar-refractivity contribution < 1.29 is 14.3 Å². The summed E-state index contributed by atoms with van der Waals surface area (Å²) in [6, 6.07) is 13.5. The number of hydrogen-bond acceptors (Lipinski definition) is 4. The molecule has 22 heavy (non-hydrogen) atoms. The molecule has 2 aromatic rings. The lowest BCUT2D eigenvalue weighted by molar-refractivity contribution is 0.0784. The molecule has 0 aliphatic carbocycles. The van der Waals surface area contributed by atoms with E-state index < -0.39 is 0 Å². The highest BCUT2D eigenvalue weighted by Crippen LogP contribution is 2.32. The number of fused-ring (bicyclic) bond motifs is 1. The first kappa shape index (κ1) is 14.8. The highest BCUT2D eigenvalue weighted by Gasteiger charge is 2.18. The van der Waals surface area contributed by atoms with Gasteiger partial charge in [0.2, 0.25) is 6.79 Å². The zero-order valence-electron chi connectivity index (χ0n) is 12.5. The van der Waals surface area contributed by atoms with Crippen molar-refractivity contribution in [3.63, 3.8) is 0 Å². The van der Waals surface area contributed by atoms with Crippen molar-refractivity contribution in [3.8, 4) is 11.5 Å². The molecule has 1 aliphatic rings. The van der Waals surface area contributed by atoms with Crippen LogP contribution in [0.25, 0.3) is 0 Å². The molecular formula is C17H17NO3S. The molecule has 5 heteroatoms. The Bertz CT molecular complexity index is 685. The fourth-order valence-corrected chi connectivity index (χ4v) is 2.73. The van der Waals surface area contributed by atoms with Crippen molar-refractivity contribution in [2.75, 3.05) is 20.1 Å². The average Bonchev–Trinajstić information content (AvgIpc) is 3.02. The maximum absolute atomic E-state index is 12.5. The van der Waals surface area contributed by atoms with E-state index in [2.05, 4.69) is 24.3 Å². The quantitative estimate of drug-likeness (QED) is 0.811. The standard InChI is InChI=1S/C17H17NO3S/c1-18(10-12-3-6-14(22-2)7-4-12)17(19)13-5-8-15-16(9-13)21-11-20-15/h3-9H,10-11H2,1-2H3. The van der Waals surface area contributed by atoms with Crippen LogP contribution in [0.5, 0.6) is 11.5 Å². The maximum atomic E-state index is 12.5. The number of hydrogen-bond donors (Lipinski definition) is 0. The minimum absolute atomic E-state index is 0.0350. The second-order valence-corrected chi connectivity index (χ2v) is 5.96. The Morgan fingerprint density at radius 1 is 1.14 bits per heavy atom. The molecule has 4 nitrogen and oxygen atoms in total. The molecule has 1 aliphatic heterocycles. The number of rotatable bonds is 4. The third-order valence-corrected chi connectivity index (χ3v) is 4.29. The van der Waals surface area contributed by atoms with E-state index in [0.717, 1.165) is 5.56 Å². The number of ether oxygens (including phenoxy) is 2. The second-order valence-electron chi connectivity index (χ2n) is 5.08. The van der Waals surface area contributed by atoms with Gasteiger partial charge < -0.3 is 14.4 Å². The lowest BCUT2D eigenvalue weighted by Gasteiger charge is -2.17. The molecule has 3 rings (SSSR count). The van der Waals surface area contributed by atoms with Gasteiger partial charge in [0.25, 0.3) is 5.91 Å². The maximum Gasteiger partial charge on any atom is 0.254 e. The average molecular weight is 315 g/mol. The van der Waals surface area contributed by atoms with Crippen LogP contribution in [0, 0.1) is 0 Å². The molecule has 114 valence electrons. The van der Waals surface area contributed by atoms with Crippen molar-refractivity contribution >= 4 is 17.7 Å². The summed E-state index contributed by atoms with van der Waals surface area (Å²) in [5.41, 5.74) is 1.71. The van der Waals surface area contributed by atoms with Gasteiger partial charge in [-0.25, -0.2) is 0 Å². The van der Waals surface area contributed by atoms with Crippen LogP contribution in [0.2, 0.25) is 0 Å². The monoisotopic (exact) mass is 315 g/mol. The molecule has 0 radical (unpaired) electrons. The van der Waals surface area contributed by atoms with Crippen LogP contribution in [0.15, 0.2) is 47.4 Å². The van der Waals surface area contributed by atoms with Crippen molar-refractivity contribution in [1.82, 2.24) is 4.90 Å². The molecule has 0 bridgehead atoms. The number of nitrogens with zero attached hydrogens (tertiary/aromatic N) is 1. The van der Waals surface area contributed by atoms with Crippen molar-refractivity contribution in [2.45, 2.75) is 11.4 Å². The van der Waals surface area contributed by atoms with Gasteiger partial charge in [-0.15, -0.1) is 11.8 Å². The third kappa shape index (κ3) is 3.04. The molecule has 0 aromatic heterocycles. The van der Waals surface area contributed by atoms with E-state index in [1.165, 1.54) is 4.90 Å². The summed E-state index contributed by atoms with van der Waals surface area (Å²) in [7, 11) is 1.80. The smallest absolute Gasteiger partial charge is 0.254 e. The third-order valence-electron chi connectivity index (χ3n) is 3.55. The van der Waals surface area contributed by atoms with Gasteiger partial charge in [-0.05, 0) is 42.2 Å². The summed E-state index contributed by atoms with van der Waals surface area (Å²) in [6.07, 6.45) is 2.05. The van der Waals surface area contributed by atoms with Gasteiger partial charge in [-0.1, -0.05) is 12.1 Å². The highest BCUT2D eigenvalue weighted by molar-refractivity contribution is 7.98. The molecule has 1 amide bonds. The largest absolute Gasteiger partial charge is 0.454 e. The molecule has 0 spiro atoms. The van der Waals surface area contributed by atoms with E-state index in [-0.39, 0.29) is 12.7 Å². The van der Waals surface area contributed by atoms with Crippen LogP contribution in [0.4, 0.5) is 0 Å². The lowest BCUT2D eigenvalue weighted by atomic mass is 10.1. The van der Waals surface area contributed by atoms with Gasteiger partial charge in [0.15, 0.2) is 11.5 Å². The van der Waals surface area contributed by atoms with Crippen molar-refractivity contribution in [1.29, 1.82) is 0 Å². The summed E-state index contributed by atoms with van der Waals surface area (Å²) in [5, 5.41) is 0. The minimum atomic E-state index is -0.0350. The molecule has 2 aromatic carbocycles. The Balaban J connectivity index is 1.71. The van der Waals surface area contributed by atoms with E-state index in [0.29, 0.717) is 23.6 Å². The molecule has 0 atom stereocenters. The summed E-state index contributed by atoms with van der Waals surface area (Å²) in [5.74, 6) is 1.28. The first-order valence-electron chi connectivity index (χ1n) is 6.95. The Hall–Kier alpha value is -2.14. The van der Waals surface area contributed by atoms with E-state index in [1.807, 2.05) is 6.26 Å². The number of thioether (sulfide) groups is 1. The van der Waals surface area contributed by atoms with Gasteiger partial charge >= 0.3 is 0 Å². The predicted octanol–water partition coefficient (Wildman–Crippen LogP) is 3.41. The molecule has 0 fully saturated rings. The van der Waals surface area contributed by atoms with Gasteiger partial charge in [-0.2, -0.15) is 0 Å². The SMILES string of the molecule is CSc1ccc(CN(C)C(=O)c2ccc3c(c2)OCO3)cc1. The zero-order valence-corrected chi connectivity index (χ0v) is 13.4. The van der Waals surface area contributed by atoms with Crippen LogP contribution >= 0.6 is 11.8 Å². The normalized spacial score (nSPS) is 12.3. The summed E-state index contributed by atoms with van der Waals surface area (Å²) in [4.78, 5) is 15.4. The summed E-state index contributed by atoms with van der Waals surface area (Å²) < 4.78 is 10.6. The van der Waals surface area contributed by atoms with Crippen LogP contribution in [-0.2, 0) is 6.54 Å². The van der Waals surface area contributed by atoms with Gasteiger partial charge in [-0.3, -0.25) is 4.79 Å². The summed E-state index contributed by atoms with van der Waals surface area (Å²) in [6.45, 7) is 0.784. The van der Waals surface area contributed by atoms with Crippen LogP contribution < -0.4 is 9.47 Å². The predicted molar refractivity (Wildman–Crippen MR) is 86.6 cm³/mol. The van der Waals surface area contributed by atoms with E-state index in [1.54, 1.807) is 41.9 Å².